The van der Waals surface area contributed by atoms with E-state index in [2.05, 4.69) is 10.4 Å². The van der Waals surface area contributed by atoms with Crippen molar-refractivity contribution < 1.29 is 23.8 Å². The van der Waals surface area contributed by atoms with Gasteiger partial charge in [0.2, 0.25) is 0 Å². The normalized spacial score (nSPS) is 10.6. The molecule has 7 nitrogen and oxygen atoms in total. The minimum absolute atomic E-state index is 0.170. The van der Waals surface area contributed by atoms with Crippen LogP contribution in [0.1, 0.15) is 26.3 Å². The predicted molar refractivity (Wildman–Crippen MR) is 120 cm³/mol. The molecule has 0 aliphatic carbocycles. The molecule has 0 saturated heterocycles. The van der Waals surface area contributed by atoms with Gasteiger partial charge in [-0.05, 0) is 66.2 Å². The second-order valence-corrected chi connectivity index (χ2v) is 7.29. The van der Waals surface area contributed by atoms with E-state index in [1.807, 2.05) is 12.1 Å². The minimum Gasteiger partial charge on any atom is -0.478 e. The van der Waals surface area contributed by atoms with Crippen molar-refractivity contribution in [2.75, 3.05) is 0 Å². The number of carboxylic acid groups (broad SMARTS) is 1. The number of aromatic carboxylic acids is 1. The van der Waals surface area contributed by atoms with Gasteiger partial charge in [0.1, 0.15) is 17.3 Å². The highest BCUT2D eigenvalue weighted by Gasteiger charge is 2.16. The van der Waals surface area contributed by atoms with E-state index in [1.54, 1.807) is 42.2 Å². The average Bonchev–Trinajstić information content (AvgIpc) is 3.25. The molecule has 4 rings (SSSR count). The number of carboxylic acids is 1. The fraction of sp³-hybridized carbons (Fsp3) is 0.0800. The number of benzene rings is 3. The lowest BCUT2D eigenvalue weighted by Crippen LogP contribution is -2.23. The standard InChI is InChI=1S/C25H20FN3O4/c1-29-22(12-13-28-29)18-6-11-23(33-20-9-7-19(26)8-10-20)21(14-18)24(30)27-15-16-2-4-17(5-3-16)25(31)32/h2-14H,15H2,1H3,(H,27,30)(H,31,32). The van der Waals surface area contributed by atoms with Gasteiger partial charge in [-0.15, -0.1) is 0 Å². The Morgan fingerprint density at radius 3 is 2.39 bits per heavy atom. The Hall–Kier alpha value is -4.46. The SMILES string of the molecule is Cn1nccc1-c1ccc(Oc2ccc(F)cc2)c(C(=O)NCc2ccc(C(=O)O)cc2)c1. The van der Waals surface area contributed by atoms with Crippen LogP contribution in [0.3, 0.4) is 0 Å². The maximum atomic E-state index is 13.3. The van der Waals surface area contributed by atoms with Crippen LogP contribution in [0.25, 0.3) is 11.3 Å². The second kappa shape index (κ2) is 9.35. The molecule has 8 heteroatoms. The summed E-state index contributed by atoms with van der Waals surface area (Å²) in [6, 6.07) is 18.8. The number of nitrogens with zero attached hydrogens (tertiary/aromatic N) is 2. The first-order chi connectivity index (χ1) is 15.9. The molecule has 0 aliphatic rings. The fourth-order valence-corrected chi connectivity index (χ4v) is 3.29. The van der Waals surface area contributed by atoms with Crippen molar-refractivity contribution in [3.05, 3.63) is 102 Å². The van der Waals surface area contributed by atoms with Crippen LogP contribution in [0.5, 0.6) is 11.5 Å². The highest BCUT2D eigenvalue weighted by atomic mass is 19.1. The molecule has 4 aromatic rings. The van der Waals surface area contributed by atoms with Gasteiger partial charge in [-0.25, -0.2) is 9.18 Å². The van der Waals surface area contributed by atoms with Crippen molar-refractivity contribution in [1.82, 2.24) is 15.1 Å². The van der Waals surface area contributed by atoms with Gasteiger partial charge >= 0.3 is 5.97 Å². The summed E-state index contributed by atoms with van der Waals surface area (Å²) in [6.45, 7) is 0.199. The number of aromatic nitrogens is 2. The number of rotatable bonds is 7. The van der Waals surface area contributed by atoms with Crippen LogP contribution in [0.15, 0.2) is 79.0 Å². The smallest absolute Gasteiger partial charge is 0.335 e. The number of carbonyl (C=O) groups excluding carboxylic acids is 1. The number of hydrogen-bond acceptors (Lipinski definition) is 4. The lowest BCUT2D eigenvalue weighted by molar-refractivity contribution is 0.0696. The molecule has 0 bridgehead atoms. The van der Waals surface area contributed by atoms with E-state index in [9.17, 15) is 14.0 Å². The lowest BCUT2D eigenvalue weighted by atomic mass is 10.1. The number of nitrogens with one attached hydrogen (secondary N) is 1. The molecule has 3 aromatic carbocycles. The maximum absolute atomic E-state index is 13.3. The monoisotopic (exact) mass is 445 g/mol. The third kappa shape index (κ3) is 5.07. The third-order valence-electron chi connectivity index (χ3n) is 5.04. The number of aryl methyl sites for hydroxylation is 1. The van der Waals surface area contributed by atoms with Crippen molar-refractivity contribution in [1.29, 1.82) is 0 Å². The summed E-state index contributed by atoms with van der Waals surface area (Å²) >= 11 is 0. The van der Waals surface area contributed by atoms with Gasteiger partial charge in [0.05, 0.1) is 16.8 Å². The molecule has 1 aromatic heterocycles. The summed E-state index contributed by atoms with van der Waals surface area (Å²) in [5.41, 5.74) is 2.81. The molecule has 0 aliphatic heterocycles. The van der Waals surface area contributed by atoms with Gasteiger partial charge in [0.15, 0.2) is 0 Å². The molecule has 166 valence electrons. The Bertz CT molecular complexity index is 1300. The first-order valence-corrected chi connectivity index (χ1v) is 10.1. The van der Waals surface area contributed by atoms with Crippen LogP contribution < -0.4 is 10.1 Å². The molecular weight excluding hydrogens is 425 g/mol. The van der Waals surface area contributed by atoms with Crippen LogP contribution >= 0.6 is 0 Å². The number of amides is 1. The van der Waals surface area contributed by atoms with E-state index in [1.165, 1.54) is 36.4 Å². The third-order valence-corrected chi connectivity index (χ3v) is 5.04. The Labute approximate surface area is 189 Å². The fourth-order valence-electron chi connectivity index (χ4n) is 3.29. The van der Waals surface area contributed by atoms with Gasteiger partial charge in [-0.1, -0.05) is 12.1 Å². The molecule has 2 N–H and O–H groups in total. The number of hydrogen-bond donors (Lipinski definition) is 2. The highest BCUT2D eigenvalue weighted by Crippen LogP contribution is 2.30. The predicted octanol–water partition coefficient (Wildman–Crippen LogP) is 4.65. The van der Waals surface area contributed by atoms with Crippen molar-refractivity contribution in [3.8, 4) is 22.8 Å². The van der Waals surface area contributed by atoms with Crippen molar-refractivity contribution >= 4 is 11.9 Å². The van der Waals surface area contributed by atoms with Gasteiger partial charge in [0, 0.05) is 25.4 Å². The maximum Gasteiger partial charge on any atom is 0.335 e. The van der Waals surface area contributed by atoms with E-state index in [-0.39, 0.29) is 23.8 Å². The number of halogens is 1. The molecule has 33 heavy (non-hydrogen) atoms. The Kier molecular flexibility index (Phi) is 6.17. The van der Waals surface area contributed by atoms with Crippen LogP contribution in [0.4, 0.5) is 4.39 Å². The molecule has 0 atom stereocenters. The van der Waals surface area contributed by atoms with Gasteiger partial charge in [-0.2, -0.15) is 5.10 Å². The van der Waals surface area contributed by atoms with Crippen LogP contribution in [0, 0.1) is 5.82 Å². The number of ether oxygens (including phenoxy) is 1. The summed E-state index contributed by atoms with van der Waals surface area (Å²) in [5.74, 6) is -1.08. The van der Waals surface area contributed by atoms with Crippen molar-refractivity contribution in [2.45, 2.75) is 6.54 Å². The van der Waals surface area contributed by atoms with Crippen LogP contribution in [-0.4, -0.2) is 26.8 Å². The van der Waals surface area contributed by atoms with Gasteiger partial charge in [-0.3, -0.25) is 9.48 Å². The zero-order valence-corrected chi connectivity index (χ0v) is 17.7. The molecule has 0 spiro atoms. The topological polar surface area (TPSA) is 93.5 Å². The first kappa shape index (κ1) is 21.8. The zero-order valence-electron chi connectivity index (χ0n) is 17.7. The lowest BCUT2D eigenvalue weighted by Gasteiger charge is -2.14. The van der Waals surface area contributed by atoms with E-state index in [0.29, 0.717) is 17.1 Å². The highest BCUT2D eigenvalue weighted by molar-refractivity contribution is 5.98. The minimum atomic E-state index is -1.01. The molecule has 1 amide bonds. The molecule has 1 heterocycles. The summed E-state index contributed by atoms with van der Waals surface area (Å²) in [5, 5.41) is 16.0. The largest absolute Gasteiger partial charge is 0.478 e. The number of carbonyl (C=O) groups is 2. The summed E-state index contributed by atoms with van der Waals surface area (Å²) in [6.07, 6.45) is 1.67. The zero-order chi connectivity index (χ0) is 23.4. The summed E-state index contributed by atoms with van der Waals surface area (Å²) < 4.78 is 20.8. The molecule has 0 saturated carbocycles. The average molecular weight is 445 g/mol. The quantitative estimate of drug-likeness (QED) is 0.432. The van der Waals surface area contributed by atoms with E-state index in [4.69, 9.17) is 9.84 Å². The molecular formula is C25H20FN3O4. The van der Waals surface area contributed by atoms with E-state index >= 15 is 0 Å². The van der Waals surface area contributed by atoms with E-state index < -0.39 is 5.97 Å². The Morgan fingerprint density at radius 2 is 1.76 bits per heavy atom. The van der Waals surface area contributed by atoms with E-state index in [0.717, 1.165) is 16.8 Å². The first-order valence-electron chi connectivity index (χ1n) is 10.1. The molecule has 0 radical (unpaired) electrons. The van der Waals surface area contributed by atoms with Crippen LogP contribution in [0.2, 0.25) is 0 Å². The Balaban J connectivity index is 1.60. The Morgan fingerprint density at radius 1 is 1.03 bits per heavy atom. The van der Waals surface area contributed by atoms with Gasteiger partial charge in [0.25, 0.3) is 5.91 Å². The van der Waals surface area contributed by atoms with Crippen LogP contribution in [-0.2, 0) is 13.6 Å². The summed E-state index contributed by atoms with van der Waals surface area (Å²) in [7, 11) is 1.80. The second-order valence-electron chi connectivity index (χ2n) is 7.29. The van der Waals surface area contributed by atoms with Crippen molar-refractivity contribution in [2.24, 2.45) is 7.05 Å². The summed E-state index contributed by atoms with van der Waals surface area (Å²) in [4.78, 5) is 24.1. The van der Waals surface area contributed by atoms with Gasteiger partial charge < -0.3 is 15.2 Å². The molecule has 0 fully saturated rings. The molecule has 0 unspecified atom stereocenters. The van der Waals surface area contributed by atoms with Crippen molar-refractivity contribution in [3.63, 3.8) is 0 Å².